The fourth-order valence-electron chi connectivity index (χ4n) is 1.43. The maximum absolute atomic E-state index is 10.9. The first-order chi connectivity index (χ1) is 8.08. The maximum Gasteiger partial charge on any atom is 0.340 e. The Morgan fingerprint density at radius 3 is 2.76 bits per heavy atom. The second-order valence-corrected chi connectivity index (χ2v) is 5.11. The number of hydrogen-bond acceptors (Lipinski definition) is 2. The van der Waals surface area contributed by atoms with Crippen molar-refractivity contribution < 1.29 is 9.90 Å². The van der Waals surface area contributed by atoms with E-state index in [0.29, 0.717) is 11.1 Å². The standard InChI is InChI=1S/C11H8Br2N2O2/c12-8-3-1-2-7(4-8)6-15-10(13)9(5-14-15)11(16)17/h1-5H,6H2,(H,16,17). The highest BCUT2D eigenvalue weighted by Gasteiger charge is 2.14. The van der Waals surface area contributed by atoms with Crippen molar-refractivity contribution in [3.8, 4) is 0 Å². The van der Waals surface area contributed by atoms with Crippen molar-refractivity contribution >= 4 is 37.8 Å². The van der Waals surface area contributed by atoms with E-state index in [9.17, 15) is 4.79 Å². The molecule has 0 saturated carbocycles. The Kier molecular flexibility index (Phi) is 3.63. The molecule has 0 radical (unpaired) electrons. The van der Waals surface area contributed by atoms with Crippen LogP contribution >= 0.6 is 31.9 Å². The minimum atomic E-state index is -0.989. The van der Waals surface area contributed by atoms with Crippen LogP contribution in [-0.4, -0.2) is 20.9 Å². The van der Waals surface area contributed by atoms with Crippen LogP contribution in [0.2, 0.25) is 0 Å². The minimum absolute atomic E-state index is 0.167. The first-order valence-corrected chi connectivity index (χ1v) is 6.35. The molecule has 1 N–H and O–H groups in total. The number of carbonyl (C=O) groups is 1. The van der Waals surface area contributed by atoms with E-state index in [1.807, 2.05) is 24.3 Å². The molecule has 0 atom stereocenters. The number of halogens is 2. The van der Waals surface area contributed by atoms with Gasteiger partial charge in [0.05, 0.1) is 12.7 Å². The summed E-state index contributed by atoms with van der Waals surface area (Å²) < 4.78 is 3.06. The fourth-order valence-corrected chi connectivity index (χ4v) is 2.37. The van der Waals surface area contributed by atoms with Gasteiger partial charge in [-0.1, -0.05) is 28.1 Å². The molecular weight excluding hydrogens is 352 g/mol. The lowest BCUT2D eigenvalue weighted by molar-refractivity contribution is 0.0695. The van der Waals surface area contributed by atoms with Gasteiger partial charge in [0.15, 0.2) is 0 Å². The van der Waals surface area contributed by atoms with E-state index in [-0.39, 0.29) is 5.56 Å². The molecule has 0 aliphatic rings. The average Bonchev–Trinajstić information content (AvgIpc) is 2.61. The van der Waals surface area contributed by atoms with Gasteiger partial charge in [0.25, 0.3) is 0 Å². The summed E-state index contributed by atoms with van der Waals surface area (Å²) in [5.74, 6) is -0.989. The maximum atomic E-state index is 10.9. The number of nitrogens with zero attached hydrogens (tertiary/aromatic N) is 2. The first kappa shape index (κ1) is 12.3. The molecule has 88 valence electrons. The molecule has 1 aromatic carbocycles. The van der Waals surface area contributed by atoms with Crippen molar-refractivity contribution in [2.75, 3.05) is 0 Å². The number of aromatic nitrogens is 2. The van der Waals surface area contributed by atoms with E-state index >= 15 is 0 Å². The van der Waals surface area contributed by atoms with Crippen LogP contribution in [0.25, 0.3) is 0 Å². The van der Waals surface area contributed by atoms with Gasteiger partial charge in [-0.05, 0) is 33.6 Å². The van der Waals surface area contributed by atoms with E-state index in [0.717, 1.165) is 10.0 Å². The summed E-state index contributed by atoms with van der Waals surface area (Å²) >= 11 is 6.62. The smallest absolute Gasteiger partial charge is 0.340 e. The van der Waals surface area contributed by atoms with E-state index in [2.05, 4.69) is 37.0 Å². The molecule has 0 saturated heterocycles. The number of aromatic carboxylic acids is 1. The molecule has 17 heavy (non-hydrogen) atoms. The average molecular weight is 360 g/mol. The lowest BCUT2D eigenvalue weighted by Crippen LogP contribution is -2.03. The van der Waals surface area contributed by atoms with Crippen molar-refractivity contribution in [3.05, 3.63) is 50.7 Å². The van der Waals surface area contributed by atoms with Gasteiger partial charge >= 0.3 is 5.97 Å². The lowest BCUT2D eigenvalue weighted by atomic mass is 10.2. The number of benzene rings is 1. The Labute approximate surface area is 115 Å². The zero-order valence-electron chi connectivity index (χ0n) is 8.60. The van der Waals surface area contributed by atoms with E-state index in [4.69, 9.17) is 5.11 Å². The van der Waals surface area contributed by atoms with Gasteiger partial charge in [-0.15, -0.1) is 0 Å². The third kappa shape index (κ3) is 2.76. The van der Waals surface area contributed by atoms with E-state index in [1.54, 1.807) is 4.68 Å². The van der Waals surface area contributed by atoms with Crippen LogP contribution in [0.15, 0.2) is 39.5 Å². The Morgan fingerprint density at radius 1 is 1.41 bits per heavy atom. The molecule has 0 aliphatic carbocycles. The highest BCUT2D eigenvalue weighted by molar-refractivity contribution is 9.10. The number of rotatable bonds is 3. The molecule has 0 aliphatic heterocycles. The van der Waals surface area contributed by atoms with Crippen LogP contribution in [0.4, 0.5) is 0 Å². The number of carboxylic acids is 1. The van der Waals surface area contributed by atoms with Gasteiger partial charge in [-0.2, -0.15) is 5.10 Å². The van der Waals surface area contributed by atoms with Gasteiger partial charge in [-0.25, -0.2) is 4.79 Å². The summed E-state index contributed by atoms with van der Waals surface area (Å²) in [5.41, 5.74) is 1.21. The summed E-state index contributed by atoms with van der Waals surface area (Å²) in [5, 5.41) is 12.9. The van der Waals surface area contributed by atoms with Gasteiger partial charge in [0.2, 0.25) is 0 Å². The molecule has 2 aromatic rings. The molecule has 1 heterocycles. The van der Waals surface area contributed by atoms with Crippen LogP contribution in [0.1, 0.15) is 15.9 Å². The molecule has 0 fully saturated rings. The normalized spacial score (nSPS) is 10.5. The Bertz CT molecular complexity index is 566. The van der Waals surface area contributed by atoms with E-state index in [1.165, 1.54) is 6.20 Å². The van der Waals surface area contributed by atoms with Crippen molar-refractivity contribution in [3.63, 3.8) is 0 Å². The van der Waals surface area contributed by atoms with Gasteiger partial charge in [0.1, 0.15) is 10.2 Å². The Balaban J connectivity index is 2.28. The molecule has 0 spiro atoms. The molecule has 0 amide bonds. The van der Waals surface area contributed by atoms with Gasteiger partial charge < -0.3 is 5.11 Å². The summed E-state index contributed by atoms with van der Waals surface area (Å²) in [7, 11) is 0. The number of hydrogen-bond donors (Lipinski definition) is 1. The molecule has 1 aromatic heterocycles. The summed E-state index contributed by atoms with van der Waals surface area (Å²) in [6.07, 6.45) is 1.34. The van der Waals surface area contributed by atoms with Gasteiger partial charge in [0, 0.05) is 4.47 Å². The molecule has 4 nitrogen and oxygen atoms in total. The molecule has 6 heteroatoms. The molecular formula is C11H8Br2N2O2. The topological polar surface area (TPSA) is 55.1 Å². The van der Waals surface area contributed by atoms with Crippen molar-refractivity contribution in [1.82, 2.24) is 9.78 Å². The second kappa shape index (κ2) is 5.01. The third-order valence-corrected chi connectivity index (χ3v) is 3.56. The quantitative estimate of drug-likeness (QED) is 0.915. The largest absolute Gasteiger partial charge is 0.478 e. The molecule has 0 unspecified atom stereocenters. The van der Waals surface area contributed by atoms with Crippen LogP contribution in [-0.2, 0) is 6.54 Å². The third-order valence-electron chi connectivity index (χ3n) is 2.23. The van der Waals surface area contributed by atoms with Crippen LogP contribution in [0, 0.1) is 0 Å². The fraction of sp³-hybridized carbons (Fsp3) is 0.0909. The summed E-state index contributed by atoms with van der Waals surface area (Å²) in [6, 6.07) is 7.78. The molecule has 0 bridgehead atoms. The summed E-state index contributed by atoms with van der Waals surface area (Å²) in [6.45, 7) is 0.521. The zero-order valence-corrected chi connectivity index (χ0v) is 11.8. The van der Waals surface area contributed by atoms with E-state index < -0.39 is 5.97 Å². The van der Waals surface area contributed by atoms with Gasteiger partial charge in [-0.3, -0.25) is 4.68 Å². The highest BCUT2D eigenvalue weighted by Crippen LogP contribution is 2.19. The van der Waals surface area contributed by atoms with Crippen LogP contribution in [0.5, 0.6) is 0 Å². The predicted molar refractivity (Wildman–Crippen MR) is 70.1 cm³/mol. The second-order valence-electron chi connectivity index (χ2n) is 3.44. The van der Waals surface area contributed by atoms with Crippen molar-refractivity contribution in [2.45, 2.75) is 6.54 Å². The molecule has 2 rings (SSSR count). The lowest BCUT2D eigenvalue weighted by Gasteiger charge is -2.04. The van der Waals surface area contributed by atoms with Crippen molar-refractivity contribution in [1.29, 1.82) is 0 Å². The minimum Gasteiger partial charge on any atom is -0.478 e. The first-order valence-electron chi connectivity index (χ1n) is 4.77. The summed E-state index contributed by atoms with van der Waals surface area (Å²) in [4.78, 5) is 10.9. The van der Waals surface area contributed by atoms with Crippen LogP contribution < -0.4 is 0 Å². The number of carboxylic acid groups (broad SMARTS) is 1. The Hall–Kier alpha value is -1.14. The van der Waals surface area contributed by atoms with Crippen LogP contribution in [0.3, 0.4) is 0 Å². The zero-order chi connectivity index (χ0) is 12.4. The SMILES string of the molecule is O=C(O)c1cnn(Cc2cccc(Br)c2)c1Br. The Morgan fingerprint density at radius 2 is 2.18 bits per heavy atom. The monoisotopic (exact) mass is 358 g/mol. The van der Waals surface area contributed by atoms with Crippen molar-refractivity contribution in [2.24, 2.45) is 0 Å². The highest BCUT2D eigenvalue weighted by atomic mass is 79.9. The predicted octanol–water partition coefficient (Wildman–Crippen LogP) is 3.15.